The number of aromatic nitrogens is 1. The Kier molecular flexibility index (Phi) is 7.52. The molecule has 3 heterocycles. The van der Waals surface area contributed by atoms with Crippen LogP contribution in [0.25, 0.3) is 10.9 Å². The van der Waals surface area contributed by atoms with E-state index in [4.69, 9.17) is 13.0 Å². The Bertz CT molecular complexity index is 1010. The van der Waals surface area contributed by atoms with Crippen molar-refractivity contribution in [3.8, 4) is 0 Å². The average Bonchev–Trinajstić information content (AvgIpc) is 3.17. The molecule has 2 amide bonds. The molecule has 0 bridgehead atoms. The number of halogens is 1. The first-order chi connectivity index (χ1) is 16.4. The summed E-state index contributed by atoms with van der Waals surface area (Å²) in [5.74, 6) is 1.21. The van der Waals surface area contributed by atoms with Gasteiger partial charge in [-0.1, -0.05) is 24.9 Å². The minimum absolute atomic E-state index is 0.0111. The molecule has 0 aliphatic carbocycles. The highest BCUT2D eigenvalue weighted by atomic mass is 35.5. The monoisotopic (exact) mass is 473 g/mol. The van der Waals surface area contributed by atoms with Gasteiger partial charge in [-0.05, 0) is 88.3 Å². The van der Waals surface area contributed by atoms with Crippen LogP contribution in [0.15, 0.2) is 24.2 Å². The fourth-order valence-corrected chi connectivity index (χ4v) is 5.45. The molecule has 1 aromatic carbocycles. The van der Waals surface area contributed by atoms with Gasteiger partial charge in [-0.2, -0.15) is 0 Å². The number of unbranched alkanes of at least 4 members (excludes halogenated alkanes) is 1. The molecule has 6 nitrogen and oxygen atoms in total. The van der Waals surface area contributed by atoms with E-state index in [1.54, 1.807) is 23.1 Å². The number of hydrogen-bond acceptors (Lipinski definition) is 3. The van der Waals surface area contributed by atoms with Crippen LogP contribution in [0, 0.1) is 11.8 Å². The average molecular weight is 474 g/mol. The fraction of sp³-hybridized carbons (Fsp3) is 0.615. The molecule has 1 aromatic heterocycles. The van der Waals surface area contributed by atoms with Crippen molar-refractivity contribution in [3.05, 3.63) is 35.0 Å². The van der Waals surface area contributed by atoms with Crippen LogP contribution in [-0.2, 0) is 4.79 Å². The highest BCUT2D eigenvalue weighted by molar-refractivity contribution is 6.31. The molecule has 180 valence electrons. The predicted octanol–water partition coefficient (Wildman–Crippen LogP) is 4.64. The van der Waals surface area contributed by atoms with Crippen LogP contribution < -0.4 is 0 Å². The Hall–Kier alpha value is -2.05. The van der Waals surface area contributed by atoms with Gasteiger partial charge in [0.1, 0.15) is 12.2 Å². The van der Waals surface area contributed by atoms with Gasteiger partial charge in [0, 0.05) is 35.6 Å². The van der Waals surface area contributed by atoms with Crippen molar-refractivity contribution in [2.24, 2.45) is 11.8 Å². The first kappa shape index (κ1) is 22.7. The largest absolute Gasteiger partial charge is 0.351 e. The smallest absolute Gasteiger partial charge is 0.270 e. The zero-order valence-electron chi connectivity index (χ0n) is 20.9. The third-order valence-electron chi connectivity index (χ3n) is 7.43. The van der Waals surface area contributed by atoms with Crippen LogP contribution in [-0.4, -0.2) is 77.8 Å². The van der Waals surface area contributed by atoms with Crippen LogP contribution in [0.2, 0.25) is 5.02 Å². The second kappa shape index (κ2) is 10.9. The fourth-order valence-electron chi connectivity index (χ4n) is 5.28. The van der Waals surface area contributed by atoms with Gasteiger partial charge in [0.2, 0.25) is 5.91 Å². The van der Waals surface area contributed by atoms with Crippen molar-refractivity contribution in [1.82, 2.24) is 19.7 Å². The number of rotatable bonds is 7. The summed E-state index contributed by atoms with van der Waals surface area (Å²) in [6.45, 7) is 6.54. The normalized spacial score (nSPS) is 19.1. The van der Waals surface area contributed by atoms with E-state index in [0.717, 1.165) is 44.7 Å². The molecule has 0 saturated carbocycles. The topological polar surface area (TPSA) is 59.7 Å². The maximum absolute atomic E-state index is 13.4. The Balaban J connectivity index is 1.40. The van der Waals surface area contributed by atoms with Gasteiger partial charge in [-0.25, -0.2) is 0 Å². The van der Waals surface area contributed by atoms with Crippen molar-refractivity contribution in [2.45, 2.75) is 45.4 Å². The van der Waals surface area contributed by atoms with Crippen LogP contribution >= 0.6 is 11.6 Å². The quantitative estimate of drug-likeness (QED) is 0.637. The maximum Gasteiger partial charge on any atom is 0.270 e. The minimum Gasteiger partial charge on any atom is -0.351 e. The van der Waals surface area contributed by atoms with E-state index in [2.05, 4.69) is 23.9 Å². The van der Waals surface area contributed by atoms with Crippen LogP contribution in [0.1, 0.15) is 57.3 Å². The van der Waals surface area contributed by atoms with Crippen molar-refractivity contribution in [2.75, 3.05) is 46.3 Å². The van der Waals surface area contributed by atoms with Gasteiger partial charge in [0.05, 0.1) is 1.37 Å². The van der Waals surface area contributed by atoms with E-state index < -0.39 is 0 Å². The molecule has 0 radical (unpaired) electrons. The van der Waals surface area contributed by atoms with Crippen LogP contribution in [0.4, 0.5) is 0 Å². The molecule has 2 fully saturated rings. The summed E-state index contributed by atoms with van der Waals surface area (Å²) in [5.41, 5.74) is 0.928. The summed E-state index contributed by atoms with van der Waals surface area (Å²) in [5, 5.41) is 1.15. The molecular weight excluding hydrogens is 436 g/mol. The number of carbonyl (C=O) groups excluding carboxylic acids is 2. The Labute approximate surface area is 203 Å². The Morgan fingerprint density at radius 1 is 1.15 bits per heavy atom. The van der Waals surface area contributed by atoms with Gasteiger partial charge in [-0.3, -0.25) is 9.59 Å². The molecule has 0 unspecified atom stereocenters. The first-order valence-corrected chi connectivity index (χ1v) is 12.8. The zero-order valence-corrected chi connectivity index (χ0v) is 20.7. The lowest BCUT2D eigenvalue weighted by molar-refractivity contribution is -0.133. The number of hydrogen-bond donors (Lipinski definition) is 1. The van der Waals surface area contributed by atoms with Gasteiger partial charge in [0.25, 0.3) is 5.91 Å². The molecular formula is C26H37ClN4O2. The second-order valence-electron chi connectivity index (χ2n) is 9.75. The lowest BCUT2D eigenvalue weighted by Gasteiger charge is -2.39. The number of carbonyl (C=O) groups is 2. The number of H-pyrrole nitrogens is 1. The number of likely N-dealkylation sites (tertiary alicyclic amines) is 2. The van der Waals surface area contributed by atoms with E-state index in [-0.39, 0.29) is 30.1 Å². The highest BCUT2D eigenvalue weighted by Gasteiger charge is 2.31. The number of benzene rings is 1. The third-order valence-corrected chi connectivity index (χ3v) is 7.67. The highest BCUT2D eigenvalue weighted by Crippen LogP contribution is 2.32. The molecule has 33 heavy (non-hydrogen) atoms. The molecule has 2 aliphatic rings. The van der Waals surface area contributed by atoms with E-state index in [9.17, 15) is 9.59 Å². The molecule has 2 aliphatic heterocycles. The third kappa shape index (κ3) is 5.90. The molecule has 2 saturated heterocycles. The number of amides is 2. The van der Waals surface area contributed by atoms with E-state index in [1.165, 1.54) is 25.9 Å². The summed E-state index contributed by atoms with van der Waals surface area (Å²) >= 11 is 6.09. The number of fused-ring (bicyclic) bond motifs is 1. The van der Waals surface area contributed by atoms with Crippen LogP contribution in [0.5, 0.6) is 0 Å². The summed E-state index contributed by atoms with van der Waals surface area (Å²) < 4.78 is 8.49. The lowest BCUT2D eigenvalue weighted by Crippen LogP contribution is -2.47. The van der Waals surface area contributed by atoms with Gasteiger partial charge in [-0.15, -0.1) is 0 Å². The van der Waals surface area contributed by atoms with E-state index in [0.29, 0.717) is 28.4 Å². The Morgan fingerprint density at radius 2 is 1.82 bits per heavy atom. The number of nitrogens with one attached hydrogen (secondary N) is 1. The Morgan fingerprint density at radius 3 is 2.48 bits per heavy atom. The number of nitrogens with zero attached hydrogens (tertiary/aromatic N) is 3. The minimum atomic E-state index is -0.291. The second-order valence-corrected chi connectivity index (χ2v) is 10.2. The van der Waals surface area contributed by atoms with Gasteiger partial charge < -0.3 is 19.7 Å². The standard InChI is InChI=1S/C26H37ClN4O2/c1-3-4-11-31(26(33)24-17-21-16-22(27)5-6-23(21)28-24)18-25(32)30-14-9-20(10-15-30)19-7-12-29(2)13-8-19/h5-6,16-17,19-20,28H,3-4,7-15,18H2,1-2H3/i17D. The van der Waals surface area contributed by atoms with E-state index in [1.807, 2.05) is 4.90 Å². The number of piperidine rings is 2. The first-order valence-electron chi connectivity index (χ1n) is 12.9. The SMILES string of the molecule is [2H]c1c(C(=O)N(CCCC)CC(=O)N2CCC(C3CCN(C)CC3)CC2)[nH]c2ccc(Cl)cc12. The van der Waals surface area contributed by atoms with Crippen LogP contribution in [0.3, 0.4) is 0 Å². The lowest BCUT2D eigenvalue weighted by atomic mass is 9.79. The summed E-state index contributed by atoms with van der Waals surface area (Å²) in [6, 6.07) is 5.35. The van der Waals surface area contributed by atoms with Gasteiger partial charge in [0.15, 0.2) is 0 Å². The molecule has 0 atom stereocenters. The molecule has 1 N–H and O–H groups in total. The van der Waals surface area contributed by atoms with E-state index >= 15 is 0 Å². The van der Waals surface area contributed by atoms with Crippen molar-refractivity contribution in [1.29, 1.82) is 0 Å². The maximum atomic E-state index is 13.4. The molecule has 0 spiro atoms. The molecule has 4 rings (SSSR count). The van der Waals surface area contributed by atoms with Crippen molar-refractivity contribution >= 4 is 34.3 Å². The van der Waals surface area contributed by atoms with Crippen molar-refractivity contribution in [3.63, 3.8) is 0 Å². The summed E-state index contributed by atoms with van der Waals surface area (Å²) in [7, 11) is 2.19. The molecule has 7 heteroatoms. The molecule has 2 aromatic rings. The summed E-state index contributed by atoms with van der Waals surface area (Å²) in [4.78, 5) is 35.6. The zero-order chi connectivity index (χ0) is 24.2. The van der Waals surface area contributed by atoms with Gasteiger partial charge >= 0.3 is 0 Å². The predicted molar refractivity (Wildman–Crippen MR) is 134 cm³/mol. The number of aromatic amines is 1. The van der Waals surface area contributed by atoms with Crippen molar-refractivity contribution < 1.29 is 11.0 Å². The summed E-state index contributed by atoms with van der Waals surface area (Å²) in [6.07, 6.45) is 6.39.